The van der Waals surface area contributed by atoms with Gasteiger partial charge in [0, 0.05) is 24.2 Å². The normalized spacial score (nSPS) is 18.8. The van der Waals surface area contributed by atoms with Gasteiger partial charge in [0.25, 0.3) is 5.56 Å². The van der Waals surface area contributed by atoms with Crippen LogP contribution in [0.15, 0.2) is 75.8 Å². The summed E-state index contributed by atoms with van der Waals surface area (Å²) in [5, 5.41) is 6.84. The van der Waals surface area contributed by atoms with E-state index >= 15 is 0 Å². The fraction of sp³-hybridized carbons (Fsp3) is 0.321. The summed E-state index contributed by atoms with van der Waals surface area (Å²) in [6.45, 7) is 6.74. The molecule has 2 aromatic carbocycles. The molecule has 0 radical (unpaired) electrons. The van der Waals surface area contributed by atoms with E-state index in [1.807, 2.05) is 61.5 Å². The Balaban J connectivity index is 1.45. The molecule has 0 unspecified atom stereocenters. The third kappa shape index (κ3) is 4.96. The topological polar surface area (TPSA) is 85.2 Å². The number of carbonyl (C=O) groups excluding carboxylic acids is 1. The maximum absolute atomic E-state index is 13.8. The lowest BCUT2D eigenvalue weighted by Crippen LogP contribution is -2.39. The lowest BCUT2D eigenvalue weighted by molar-refractivity contribution is -0.113. The number of benzene rings is 2. The van der Waals surface area contributed by atoms with Crippen LogP contribution in [0, 0.1) is 6.92 Å². The molecule has 3 aromatic rings. The van der Waals surface area contributed by atoms with Crippen molar-refractivity contribution in [1.82, 2.24) is 9.55 Å². The van der Waals surface area contributed by atoms with Gasteiger partial charge in [-0.2, -0.15) is 0 Å². The van der Waals surface area contributed by atoms with Crippen LogP contribution >= 0.6 is 11.8 Å². The third-order valence-corrected chi connectivity index (χ3v) is 7.75. The smallest absolute Gasteiger partial charge is 0.264 e. The fourth-order valence-corrected chi connectivity index (χ4v) is 5.24. The first-order valence-electron chi connectivity index (χ1n) is 12.2. The molecule has 186 valence electrons. The molecule has 5 rings (SSSR count). The molecule has 0 saturated carbocycles. The molecule has 2 aliphatic rings. The molecule has 0 fully saturated rings. The summed E-state index contributed by atoms with van der Waals surface area (Å²) >= 11 is 1.25. The highest BCUT2D eigenvalue weighted by atomic mass is 32.2. The van der Waals surface area contributed by atoms with Crippen molar-refractivity contribution in [2.45, 2.75) is 50.8 Å². The number of anilines is 2. The van der Waals surface area contributed by atoms with E-state index in [1.165, 1.54) is 11.8 Å². The summed E-state index contributed by atoms with van der Waals surface area (Å²) in [5.41, 5.74) is 5.04. The van der Waals surface area contributed by atoms with Gasteiger partial charge >= 0.3 is 0 Å². The lowest BCUT2D eigenvalue weighted by Gasteiger charge is -2.38. The van der Waals surface area contributed by atoms with Crippen molar-refractivity contribution in [3.05, 3.63) is 87.3 Å². The second-order valence-corrected chi connectivity index (χ2v) is 10.5. The van der Waals surface area contributed by atoms with Gasteiger partial charge in [-0.1, -0.05) is 54.6 Å². The Morgan fingerprint density at radius 2 is 1.94 bits per heavy atom. The van der Waals surface area contributed by atoms with Gasteiger partial charge in [0.05, 0.1) is 29.2 Å². The molecule has 0 bridgehead atoms. The first kappa shape index (κ1) is 24.3. The Bertz CT molecular complexity index is 1380. The van der Waals surface area contributed by atoms with E-state index in [-0.39, 0.29) is 22.8 Å². The Hall–Kier alpha value is -3.36. The van der Waals surface area contributed by atoms with E-state index in [4.69, 9.17) is 9.72 Å². The molecule has 2 N–H and O–H groups in total. The Labute approximate surface area is 215 Å². The molecular formula is C28H30N4O3S. The molecule has 0 aliphatic carbocycles. The van der Waals surface area contributed by atoms with Gasteiger partial charge in [0.15, 0.2) is 5.16 Å². The van der Waals surface area contributed by atoms with E-state index in [2.05, 4.69) is 24.5 Å². The number of aromatic nitrogens is 2. The van der Waals surface area contributed by atoms with Crippen LogP contribution in [-0.4, -0.2) is 33.4 Å². The predicted molar refractivity (Wildman–Crippen MR) is 144 cm³/mol. The lowest BCUT2D eigenvalue weighted by atomic mass is 9.88. The zero-order chi connectivity index (χ0) is 25.3. The van der Waals surface area contributed by atoms with Crippen LogP contribution in [0.3, 0.4) is 0 Å². The number of para-hydroxylation sites is 1. The van der Waals surface area contributed by atoms with Gasteiger partial charge in [-0.15, -0.1) is 0 Å². The van der Waals surface area contributed by atoms with Crippen molar-refractivity contribution >= 4 is 29.2 Å². The number of carbonyl (C=O) groups is 1. The molecule has 1 amide bonds. The van der Waals surface area contributed by atoms with Gasteiger partial charge in [-0.05, 0) is 50.1 Å². The number of rotatable bonds is 6. The third-order valence-electron chi connectivity index (χ3n) is 6.81. The molecule has 0 spiro atoms. The van der Waals surface area contributed by atoms with Crippen LogP contribution in [0.5, 0.6) is 0 Å². The summed E-state index contributed by atoms with van der Waals surface area (Å²) in [6.07, 6.45) is 2.16. The minimum Gasteiger partial charge on any atom is -0.370 e. The average molecular weight is 503 g/mol. The number of aryl methyl sites for hydroxylation is 1. The van der Waals surface area contributed by atoms with Gasteiger partial charge in [0.2, 0.25) is 5.91 Å². The number of amides is 1. The first-order chi connectivity index (χ1) is 17.3. The van der Waals surface area contributed by atoms with Crippen LogP contribution in [0.25, 0.3) is 5.69 Å². The summed E-state index contributed by atoms with van der Waals surface area (Å²) in [6, 6.07) is 17.1. The van der Waals surface area contributed by atoms with Crippen LogP contribution in [0.2, 0.25) is 0 Å². The number of hydrogen-bond acceptors (Lipinski definition) is 6. The predicted octanol–water partition coefficient (Wildman–Crippen LogP) is 5.08. The second kappa shape index (κ2) is 9.95. The van der Waals surface area contributed by atoms with Gasteiger partial charge in [0.1, 0.15) is 5.82 Å². The standard InChI is InChI=1S/C28H30N4O3S/c1-4-28(3)15-23-19(16-35-28)14-22-25(30-23)31-27(32(26(22)34)21-8-6-5-7-9-21)36-17-24(33)29-20-12-10-18(2)11-13-20/h5-13,30H,4,14-17H2,1-3H3,(H,29,33)/t28-/m1/s1. The molecule has 36 heavy (non-hydrogen) atoms. The summed E-state index contributed by atoms with van der Waals surface area (Å²) < 4.78 is 7.73. The molecule has 7 nitrogen and oxygen atoms in total. The maximum atomic E-state index is 13.8. The number of thioether (sulfide) groups is 1. The minimum atomic E-state index is -0.228. The zero-order valence-corrected chi connectivity index (χ0v) is 21.6. The number of hydrogen-bond donors (Lipinski definition) is 2. The highest BCUT2D eigenvalue weighted by Gasteiger charge is 2.35. The molecule has 2 aliphatic heterocycles. The van der Waals surface area contributed by atoms with Crippen LogP contribution in [-0.2, 0) is 16.0 Å². The van der Waals surface area contributed by atoms with Gasteiger partial charge < -0.3 is 15.4 Å². The van der Waals surface area contributed by atoms with Crippen molar-refractivity contribution in [3.63, 3.8) is 0 Å². The highest BCUT2D eigenvalue weighted by molar-refractivity contribution is 7.99. The molecule has 8 heteroatoms. The molecule has 1 aromatic heterocycles. The number of fused-ring (bicyclic) bond motifs is 1. The first-order valence-corrected chi connectivity index (χ1v) is 13.2. The second-order valence-electron chi connectivity index (χ2n) is 9.55. The monoisotopic (exact) mass is 502 g/mol. The van der Waals surface area contributed by atoms with Crippen molar-refractivity contribution < 1.29 is 9.53 Å². The fourth-order valence-electron chi connectivity index (χ4n) is 4.44. The summed E-state index contributed by atoms with van der Waals surface area (Å²) in [5.74, 6) is 0.547. The van der Waals surface area contributed by atoms with Crippen molar-refractivity contribution in [2.24, 2.45) is 0 Å². The van der Waals surface area contributed by atoms with Crippen molar-refractivity contribution in [3.8, 4) is 5.69 Å². The largest absolute Gasteiger partial charge is 0.370 e. The maximum Gasteiger partial charge on any atom is 0.264 e. The van der Waals surface area contributed by atoms with E-state index in [0.717, 1.165) is 41.1 Å². The van der Waals surface area contributed by atoms with Crippen molar-refractivity contribution in [2.75, 3.05) is 23.0 Å². The summed E-state index contributed by atoms with van der Waals surface area (Å²) in [4.78, 5) is 31.3. The number of ether oxygens (including phenoxy) is 1. The quantitative estimate of drug-likeness (QED) is 0.361. The van der Waals surface area contributed by atoms with Gasteiger partial charge in [-0.3, -0.25) is 14.2 Å². The number of nitrogens with zero attached hydrogens (tertiary/aromatic N) is 2. The molecule has 1 atom stereocenters. The Morgan fingerprint density at radius 1 is 1.19 bits per heavy atom. The SMILES string of the molecule is CC[C@]1(C)CC2=C(CO1)Cc1c(nc(SCC(=O)Nc3ccc(C)cc3)n(-c3ccccc3)c1=O)N2. The van der Waals surface area contributed by atoms with E-state index < -0.39 is 0 Å². The number of nitrogens with one attached hydrogen (secondary N) is 2. The van der Waals surface area contributed by atoms with E-state index in [1.54, 1.807) is 4.57 Å². The van der Waals surface area contributed by atoms with Crippen molar-refractivity contribution in [1.29, 1.82) is 0 Å². The van der Waals surface area contributed by atoms with Crippen LogP contribution in [0.4, 0.5) is 11.5 Å². The molecular weight excluding hydrogens is 472 g/mol. The Kier molecular flexibility index (Phi) is 6.73. The van der Waals surface area contributed by atoms with Crippen LogP contribution in [0.1, 0.15) is 37.8 Å². The summed E-state index contributed by atoms with van der Waals surface area (Å²) in [7, 11) is 0. The minimum absolute atomic E-state index is 0.127. The molecule has 0 saturated heterocycles. The Morgan fingerprint density at radius 3 is 2.67 bits per heavy atom. The van der Waals surface area contributed by atoms with Gasteiger partial charge in [-0.25, -0.2) is 4.98 Å². The zero-order valence-electron chi connectivity index (χ0n) is 20.8. The molecule has 3 heterocycles. The van der Waals surface area contributed by atoms with E-state index in [0.29, 0.717) is 29.6 Å². The van der Waals surface area contributed by atoms with E-state index in [9.17, 15) is 9.59 Å². The average Bonchev–Trinajstić information content (AvgIpc) is 2.88. The van der Waals surface area contributed by atoms with Crippen LogP contribution < -0.4 is 16.2 Å². The highest BCUT2D eigenvalue weighted by Crippen LogP contribution is 2.37.